The highest BCUT2D eigenvalue weighted by molar-refractivity contribution is 7.86. The molecule has 0 fully saturated rings. The Labute approximate surface area is 230 Å². The average Bonchev–Trinajstić information content (AvgIpc) is 3.26. The van der Waals surface area contributed by atoms with Crippen molar-refractivity contribution < 1.29 is 61.6 Å². The summed E-state index contributed by atoms with van der Waals surface area (Å²) in [5.41, 5.74) is -4.18. The van der Waals surface area contributed by atoms with Gasteiger partial charge in [-0.2, -0.15) is 13.2 Å². The summed E-state index contributed by atoms with van der Waals surface area (Å²) in [7, 11) is -6.09. The maximum absolute atomic E-state index is 12.8. The van der Waals surface area contributed by atoms with Crippen molar-refractivity contribution in [2.24, 2.45) is 0 Å². The molecule has 3 aromatic carbocycles. The van der Waals surface area contributed by atoms with Crippen molar-refractivity contribution in [2.75, 3.05) is 18.7 Å². The first-order chi connectivity index (χ1) is 18.0. The number of amides is 1. The van der Waals surface area contributed by atoms with Gasteiger partial charge < -0.3 is 14.0 Å². The number of rotatable bonds is 8. The number of nitrogens with zero attached hydrogens (tertiary/aromatic N) is 1. The van der Waals surface area contributed by atoms with Gasteiger partial charge in [0.2, 0.25) is 0 Å². The molecule has 0 aliphatic rings. The van der Waals surface area contributed by atoms with Crippen LogP contribution in [0.5, 0.6) is 5.75 Å². The van der Waals surface area contributed by atoms with E-state index in [0.717, 1.165) is 16.0 Å². The van der Waals surface area contributed by atoms with Gasteiger partial charge in [-0.3, -0.25) is 10.1 Å². The lowest BCUT2D eigenvalue weighted by molar-refractivity contribution is -0.597. The van der Waals surface area contributed by atoms with Crippen molar-refractivity contribution in [3.63, 3.8) is 0 Å². The second-order valence-corrected chi connectivity index (χ2v) is 12.6. The molecule has 1 aromatic heterocycles. The third-order valence-electron chi connectivity index (χ3n) is 4.42. The van der Waals surface area contributed by atoms with Crippen LogP contribution in [-0.2, 0) is 14.9 Å². The van der Waals surface area contributed by atoms with Crippen molar-refractivity contribution >= 4 is 42.7 Å². The molecule has 0 spiro atoms. The highest BCUT2D eigenvalue weighted by Gasteiger charge is 2.36. The number of ether oxygens (including phenoxy) is 2. The van der Waals surface area contributed by atoms with Crippen LogP contribution in [-0.4, -0.2) is 42.8 Å². The van der Waals surface area contributed by atoms with Gasteiger partial charge >= 0.3 is 26.7 Å². The molecule has 14 heteroatoms. The molecule has 1 amide bonds. The smallest absolute Gasteiger partial charge is 0.485 e. The number of hydrogen-bond acceptors (Lipinski definition) is 8. The molecule has 1 heterocycles. The molecular weight excluding hydrogens is 660 g/mol. The van der Waals surface area contributed by atoms with E-state index in [0.29, 0.717) is 17.3 Å². The number of thiazole rings is 1. The van der Waals surface area contributed by atoms with Gasteiger partial charge in [0.1, 0.15) is 5.75 Å². The fraction of sp³-hybridized carbons (Fsp3) is 0.167. The zero-order valence-electron chi connectivity index (χ0n) is 19.6. The van der Waals surface area contributed by atoms with Crippen LogP contribution in [0.1, 0.15) is 17.3 Å². The maximum Gasteiger partial charge on any atom is 0.485 e. The van der Waals surface area contributed by atoms with E-state index < -0.39 is 15.6 Å². The topological polar surface area (TPSA) is 118 Å². The molecular formula is C24H20F3IN2O6S2. The predicted molar refractivity (Wildman–Crippen MR) is 131 cm³/mol. The number of hydrogen-bond donors (Lipinski definition) is 1. The van der Waals surface area contributed by atoms with Crippen LogP contribution in [0.25, 0.3) is 10.2 Å². The molecule has 8 nitrogen and oxygen atoms in total. The van der Waals surface area contributed by atoms with Gasteiger partial charge in [-0.25, -0.2) is 13.4 Å². The van der Waals surface area contributed by atoms with Crippen molar-refractivity contribution in [3.05, 3.63) is 85.5 Å². The number of benzene rings is 3. The minimum absolute atomic E-state index is 0.152. The lowest BCUT2D eigenvalue weighted by Crippen LogP contribution is -3.61. The lowest BCUT2D eigenvalue weighted by atomic mass is 10.2. The van der Waals surface area contributed by atoms with E-state index in [1.165, 1.54) is 18.5 Å². The van der Waals surface area contributed by atoms with Gasteiger partial charge in [0.15, 0.2) is 29.2 Å². The molecule has 0 aliphatic carbocycles. The maximum atomic E-state index is 12.8. The molecule has 38 heavy (non-hydrogen) atoms. The number of anilines is 1. The minimum atomic E-state index is -6.09. The highest BCUT2D eigenvalue weighted by Crippen LogP contribution is 2.29. The van der Waals surface area contributed by atoms with E-state index in [9.17, 15) is 18.0 Å². The van der Waals surface area contributed by atoms with Gasteiger partial charge in [-0.05, 0) is 49.4 Å². The van der Waals surface area contributed by atoms with Crippen LogP contribution in [0.2, 0.25) is 0 Å². The summed E-state index contributed by atoms with van der Waals surface area (Å²) < 4.78 is 73.1. The number of fused-ring (bicyclic) bond motifs is 1. The number of alkyl halides is 3. The molecule has 4 aromatic rings. The van der Waals surface area contributed by atoms with E-state index in [4.69, 9.17) is 22.4 Å². The Morgan fingerprint density at radius 2 is 1.74 bits per heavy atom. The second kappa shape index (κ2) is 13.3. The first-order valence-corrected chi connectivity index (χ1v) is 15.1. The fourth-order valence-corrected chi connectivity index (χ4v) is 5.96. The summed E-state index contributed by atoms with van der Waals surface area (Å²) in [6.45, 7) is 2.74. The quantitative estimate of drug-likeness (QED) is 0.0997. The van der Waals surface area contributed by atoms with Crippen LogP contribution in [0.4, 0.5) is 18.3 Å². The summed E-state index contributed by atoms with van der Waals surface area (Å²) >= 11 is 1.10. The van der Waals surface area contributed by atoms with E-state index in [1.54, 1.807) is 0 Å². The summed E-state index contributed by atoms with van der Waals surface area (Å²) in [6.07, 6.45) is 0. The van der Waals surface area contributed by atoms with E-state index in [2.05, 4.69) is 28.5 Å². The zero-order chi connectivity index (χ0) is 27.8. The van der Waals surface area contributed by atoms with Crippen molar-refractivity contribution in [3.8, 4) is 5.75 Å². The number of carbonyl (C=O) groups excluding carboxylic acids is 1. The Bertz CT molecular complexity index is 1480. The minimum Gasteiger partial charge on any atom is -0.741 e. The van der Waals surface area contributed by atoms with Gasteiger partial charge in [0.05, 0.1) is 10.2 Å². The van der Waals surface area contributed by atoms with Gasteiger partial charge in [-0.15, -0.1) is 0 Å². The van der Waals surface area contributed by atoms with Gasteiger partial charge in [0.25, 0.3) is 5.91 Å². The molecule has 202 valence electrons. The largest absolute Gasteiger partial charge is 0.741 e. The first kappa shape index (κ1) is 29.8. The highest BCUT2D eigenvalue weighted by atomic mass is 127. The third kappa shape index (κ3) is 8.90. The summed E-state index contributed by atoms with van der Waals surface area (Å²) in [4.78, 5) is 17.3. The Balaban J connectivity index is 0.000000436. The second-order valence-electron chi connectivity index (χ2n) is 7.16. The van der Waals surface area contributed by atoms with Gasteiger partial charge in [-0.1, -0.05) is 35.6 Å². The Kier molecular flexibility index (Phi) is 10.4. The Morgan fingerprint density at radius 3 is 2.39 bits per heavy atom. The Morgan fingerprint density at radius 1 is 1.05 bits per heavy atom. The van der Waals surface area contributed by atoms with Gasteiger partial charge in [0, 0.05) is 18.2 Å². The molecule has 0 bridgehead atoms. The normalized spacial score (nSPS) is 11.5. The van der Waals surface area contributed by atoms with E-state index in [-0.39, 0.29) is 33.9 Å². The third-order valence-corrected chi connectivity index (χ3v) is 8.55. The molecule has 0 aliphatic heterocycles. The van der Waals surface area contributed by atoms with Crippen LogP contribution in [0.3, 0.4) is 0 Å². The summed E-state index contributed by atoms with van der Waals surface area (Å²) in [6, 6.07) is 23.8. The molecule has 0 atom stereocenters. The average molecular weight is 680 g/mol. The van der Waals surface area contributed by atoms with Crippen molar-refractivity contribution in [2.45, 2.75) is 12.4 Å². The van der Waals surface area contributed by atoms with E-state index >= 15 is 0 Å². The molecule has 0 unspecified atom stereocenters. The standard InChI is InChI=1S/C23H19IN2O3S.CHF3O3S/c1-2-28-15-29-19-11-12-20-21(14-19)30-23(25-20)26-22(27)16-7-6-10-18(13-16)24-17-8-4-3-5-9-17;2-1(3,4)8(5,6)7/h3-14H,2,15H2,1H3;(H,5,6,7). The number of aromatic nitrogens is 1. The molecule has 1 N–H and O–H groups in total. The molecule has 0 radical (unpaired) electrons. The predicted octanol–water partition coefficient (Wildman–Crippen LogP) is 2.10. The lowest BCUT2D eigenvalue weighted by Gasteiger charge is -2.08. The van der Waals surface area contributed by atoms with Crippen LogP contribution in [0.15, 0.2) is 72.8 Å². The SMILES string of the molecule is CCOCOc1ccc2nc(NC(=O)c3cccc([I+]c4ccccc4)c3)sc2c1.O=S(=O)([O-])C(F)(F)F. The molecule has 0 saturated heterocycles. The first-order valence-electron chi connectivity index (χ1n) is 10.7. The fourth-order valence-electron chi connectivity index (χ4n) is 2.70. The summed E-state index contributed by atoms with van der Waals surface area (Å²) in [5.74, 6) is 0.566. The summed E-state index contributed by atoms with van der Waals surface area (Å²) in [5, 5.41) is 3.50. The van der Waals surface area contributed by atoms with Crippen molar-refractivity contribution in [1.29, 1.82) is 0 Å². The number of nitrogens with one attached hydrogen (secondary N) is 1. The Hall–Kier alpha value is -2.79. The zero-order valence-corrected chi connectivity index (χ0v) is 23.4. The number of halogens is 4. The molecule has 4 rings (SSSR count). The van der Waals surface area contributed by atoms with Crippen LogP contribution < -0.4 is 31.3 Å². The van der Waals surface area contributed by atoms with Crippen LogP contribution >= 0.6 is 11.3 Å². The van der Waals surface area contributed by atoms with Crippen LogP contribution in [0, 0.1) is 7.14 Å². The van der Waals surface area contributed by atoms with E-state index in [1.807, 2.05) is 61.5 Å². The monoisotopic (exact) mass is 680 g/mol. The number of carbonyl (C=O) groups is 1. The molecule has 0 saturated carbocycles. The van der Waals surface area contributed by atoms with Crippen molar-refractivity contribution in [1.82, 2.24) is 4.98 Å².